The van der Waals surface area contributed by atoms with E-state index in [0.717, 1.165) is 23.3 Å². The predicted octanol–water partition coefficient (Wildman–Crippen LogP) is 4.29. The number of alkyl halides is 3. The molecule has 0 saturated carbocycles. The first-order chi connectivity index (χ1) is 9.36. The molecule has 2 aromatic carbocycles. The van der Waals surface area contributed by atoms with Crippen LogP contribution in [0.1, 0.15) is 28.4 Å². The van der Waals surface area contributed by atoms with Crippen LogP contribution in [0.3, 0.4) is 0 Å². The van der Waals surface area contributed by atoms with Crippen molar-refractivity contribution in [2.45, 2.75) is 25.6 Å². The number of hydrogen-bond acceptors (Lipinski definition) is 1. The fourth-order valence-corrected chi connectivity index (χ4v) is 2.05. The maximum absolute atomic E-state index is 12.4. The lowest BCUT2D eigenvalue weighted by molar-refractivity contribution is -0.137. The molecule has 0 heterocycles. The lowest BCUT2D eigenvalue weighted by Gasteiger charge is -2.13. The average molecular weight is 280 g/mol. The summed E-state index contributed by atoms with van der Waals surface area (Å²) in [5, 5.41) is 10.1. The van der Waals surface area contributed by atoms with Crippen LogP contribution in [-0.4, -0.2) is 5.11 Å². The number of aryl methyl sites for hydroxylation is 1. The Kier molecular flexibility index (Phi) is 4.14. The van der Waals surface area contributed by atoms with Crippen molar-refractivity contribution >= 4 is 0 Å². The van der Waals surface area contributed by atoms with Crippen LogP contribution in [0, 0.1) is 6.92 Å². The number of halogens is 3. The molecule has 2 rings (SSSR count). The van der Waals surface area contributed by atoms with E-state index in [9.17, 15) is 18.3 Å². The summed E-state index contributed by atoms with van der Waals surface area (Å²) in [6, 6.07) is 12.3. The molecule has 0 amide bonds. The van der Waals surface area contributed by atoms with Gasteiger partial charge in [-0.3, -0.25) is 0 Å². The number of aliphatic hydroxyl groups is 1. The van der Waals surface area contributed by atoms with E-state index in [0.29, 0.717) is 12.0 Å². The van der Waals surface area contributed by atoms with E-state index in [2.05, 4.69) is 0 Å². The summed E-state index contributed by atoms with van der Waals surface area (Å²) in [5.74, 6) is 0. The van der Waals surface area contributed by atoms with E-state index in [4.69, 9.17) is 0 Å². The van der Waals surface area contributed by atoms with Gasteiger partial charge in [-0.25, -0.2) is 0 Å². The zero-order valence-electron chi connectivity index (χ0n) is 11.0. The summed E-state index contributed by atoms with van der Waals surface area (Å²) in [6.45, 7) is 1.92. The Labute approximate surface area is 115 Å². The Balaban J connectivity index is 2.10. The number of rotatable bonds is 3. The molecule has 20 heavy (non-hydrogen) atoms. The Bertz CT molecular complexity index is 573. The Morgan fingerprint density at radius 1 is 1.05 bits per heavy atom. The van der Waals surface area contributed by atoms with E-state index >= 15 is 0 Å². The smallest absolute Gasteiger partial charge is 0.388 e. The SMILES string of the molecule is Cc1cccc(C(O)Cc2ccc(C(F)(F)F)cc2)c1. The van der Waals surface area contributed by atoms with Crippen LogP contribution in [0.15, 0.2) is 48.5 Å². The van der Waals surface area contributed by atoms with Crippen molar-refractivity contribution in [1.29, 1.82) is 0 Å². The van der Waals surface area contributed by atoms with Gasteiger partial charge >= 0.3 is 6.18 Å². The molecule has 4 heteroatoms. The van der Waals surface area contributed by atoms with Crippen molar-refractivity contribution in [3.8, 4) is 0 Å². The lowest BCUT2D eigenvalue weighted by atomic mass is 9.99. The minimum Gasteiger partial charge on any atom is -0.388 e. The number of hydrogen-bond donors (Lipinski definition) is 1. The van der Waals surface area contributed by atoms with E-state index in [1.807, 2.05) is 31.2 Å². The first-order valence-electron chi connectivity index (χ1n) is 6.27. The fraction of sp³-hybridized carbons (Fsp3) is 0.250. The molecule has 1 unspecified atom stereocenters. The highest BCUT2D eigenvalue weighted by molar-refractivity contribution is 5.28. The minimum atomic E-state index is -4.33. The standard InChI is InChI=1S/C16H15F3O/c1-11-3-2-4-13(9-11)15(20)10-12-5-7-14(8-6-12)16(17,18)19/h2-9,15,20H,10H2,1H3. The van der Waals surface area contributed by atoms with Crippen LogP contribution in [0.2, 0.25) is 0 Å². The summed E-state index contributed by atoms with van der Waals surface area (Å²) in [7, 11) is 0. The second-order valence-electron chi connectivity index (χ2n) is 4.83. The average Bonchev–Trinajstić information content (AvgIpc) is 2.38. The summed E-state index contributed by atoms with van der Waals surface area (Å²) >= 11 is 0. The third-order valence-corrected chi connectivity index (χ3v) is 3.14. The molecule has 1 nitrogen and oxygen atoms in total. The third-order valence-electron chi connectivity index (χ3n) is 3.14. The highest BCUT2D eigenvalue weighted by Gasteiger charge is 2.29. The molecule has 2 aromatic rings. The summed E-state index contributed by atoms with van der Waals surface area (Å²) in [4.78, 5) is 0. The Morgan fingerprint density at radius 3 is 2.25 bits per heavy atom. The molecule has 0 radical (unpaired) electrons. The summed E-state index contributed by atoms with van der Waals surface area (Å²) < 4.78 is 37.3. The highest BCUT2D eigenvalue weighted by Crippen LogP contribution is 2.29. The van der Waals surface area contributed by atoms with Crippen molar-refractivity contribution in [3.63, 3.8) is 0 Å². The first kappa shape index (κ1) is 14.6. The molecule has 0 aliphatic rings. The molecule has 0 aliphatic carbocycles. The van der Waals surface area contributed by atoms with Gasteiger partial charge in [0.15, 0.2) is 0 Å². The van der Waals surface area contributed by atoms with Gasteiger partial charge in [-0.2, -0.15) is 13.2 Å². The van der Waals surface area contributed by atoms with Crippen LogP contribution in [0.4, 0.5) is 13.2 Å². The van der Waals surface area contributed by atoms with Crippen molar-refractivity contribution in [3.05, 3.63) is 70.8 Å². The molecule has 1 N–H and O–H groups in total. The van der Waals surface area contributed by atoms with E-state index in [1.54, 1.807) is 0 Å². The molecular formula is C16H15F3O. The molecule has 0 aliphatic heterocycles. The first-order valence-corrected chi connectivity index (χ1v) is 6.27. The van der Waals surface area contributed by atoms with Gasteiger partial charge < -0.3 is 5.11 Å². The van der Waals surface area contributed by atoms with Crippen molar-refractivity contribution in [2.75, 3.05) is 0 Å². The fourth-order valence-electron chi connectivity index (χ4n) is 2.05. The van der Waals surface area contributed by atoms with Gasteiger partial charge in [-0.05, 0) is 30.2 Å². The zero-order valence-corrected chi connectivity index (χ0v) is 11.0. The van der Waals surface area contributed by atoms with Crippen molar-refractivity contribution in [1.82, 2.24) is 0 Å². The Hall–Kier alpha value is -1.81. The van der Waals surface area contributed by atoms with Crippen LogP contribution in [0.5, 0.6) is 0 Å². The molecule has 0 spiro atoms. The monoisotopic (exact) mass is 280 g/mol. The Morgan fingerprint density at radius 2 is 1.70 bits per heavy atom. The molecular weight excluding hydrogens is 265 g/mol. The second-order valence-corrected chi connectivity index (χ2v) is 4.83. The van der Waals surface area contributed by atoms with Gasteiger partial charge in [-0.15, -0.1) is 0 Å². The normalized spacial score (nSPS) is 13.2. The summed E-state index contributed by atoms with van der Waals surface area (Å²) in [5.41, 5.74) is 1.80. The topological polar surface area (TPSA) is 20.2 Å². The van der Waals surface area contributed by atoms with Crippen LogP contribution < -0.4 is 0 Å². The van der Waals surface area contributed by atoms with Crippen molar-refractivity contribution in [2.24, 2.45) is 0 Å². The maximum atomic E-state index is 12.4. The van der Waals surface area contributed by atoms with Gasteiger partial charge in [0.2, 0.25) is 0 Å². The van der Waals surface area contributed by atoms with Crippen molar-refractivity contribution < 1.29 is 18.3 Å². The van der Waals surface area contributed by atoms with Gasteiger partial charge in [-0.1, -0.05) is 42.0 Å². The maximum Gasteiger partial charge on any atom is 0.416 e. The van der Waals surface area contributed by atoms with E-state index < -0.39 is 17.8 Å². The molecule has 0 saturated heterocycles. The molecule has 106 valence electrons. The molecule has 1 atom stereocenters. The second kappa shape index (κ2) is 5.67. The van der Waals surface area contributed by atoms with Gasteiger partial charge in [0.1, 0.15) is 0 Å². The molecule has 0 aromatic heterocycles. The van der Waals surface area contributed by atoms with Gasteiger partial charge in [0, 0.05) is 6.42 Å². The third kappa shape index (κ3) is 3.61. The van der Waals surface area contributed by atoms with Crippen LogP contribution in [0.25, 0.3) is 0 Å². The van der Waals surface area contributed by atoms with E-state index in [1.165, 1.54) is 12.1 Å². The molecule has 0 bridgehead atoms. The molecule has 0 fully saturated rings. The highest BCUT2D eigenvalue weighted by atomic mass is 19.4. The number of benzene rings is 2. The lowest BCUT2D eigenvalue weighted by Crippen LogP contribution is -2.06. The van der Waals surface area contributed by atoms with Crippen LogP contribution >= 0.6 is 0 Å². The van der Waals surface area contributed by atoms with Gasteiger partial charge in [0.05, 0.1) is 11.7 Å². The quantitative estimate of drug-likeness (QED) is 0.889. The van der Waals surface area contributed by atoms with E-state index in [-0.39, 0.29) is 0 Å². The zero-order chi connectivity index (χ0) is 14.8. The van der Waals surface area contributed by atoms with Gasteiger partial charge in [0.25, 0.3) is 0 Å². The minimum absolute atomic E-state index is 0.293. The predicted molar refractivity (Wildman–Crippen MR) is 71.3 cm³/mol. The summed E-state index contributed by atoms with van der Waals surface area (Å²) in [6.07, 6.45) is -4.75. The van der Waals surface area contributed by atoms with Crippen LogP contribution in [-0.2, 0) is 12.6 Å². The number of aliphatic hydroxyl groups excluding tert-OH is 1. The largest absolute Gasteiger partial charge is 0.416 e.